The van der Waals surface area contributed by atoms with Crippen LogP contribution in [0.1, 0.15) is 11.4 Å². The fourth-order valence-corrected chi connectivity index (χ4v) is 3.61. The number of nitrogens with one attached hydrogen (secondary N) is 1. The molecule has 0 aliphatic heterocycles. The number of nitrogens with zero attached hydrogens (tertiary/aromatic N) is 3. The van der Waals surface area contributed by atoms with Crippen LogP contribution >= 0.6 is 34.2 Å². The monoisotopic (exact) mass is 514 g/mol. The van der Waals surface area contributed by atoms with Gasteiger partial charge in [0, 0.05) is 14.5 Å². The van der Waals surface area contributed by atoms with Gasteiger partial charge in [0.25, 0.3) is 5.56 Å². The average Bonchev–Trinajstić information content (AvgIpc) is 2.72. The predicted molar refractivity (Wildman–Crippen MR) is 122 cm³/mol. The van der Waals surface area contributed by atoms with Gasteiger partial charge in [-0.25, -0.2) is 9.97 Å². The van der Waals surface area contributed by atoms with Crippen molar-refractivity contribution < 1.29 is 4.74 Å². The summed E-state index contributed by atoms with van der Waals surface area (Å²) in [5.41, 5.74) is 1.62. The first kappa shape index (κ1) is 19.4. The number of halogens is 2. The third kappa shape index (κ3) is 3.81. The molecule has 0 spiro atoms. The van der Waals surface area contributed by atoms with E-state index in [0.717, 1.165) is 8.96 Å². The van der Waals surface area contributed by atoms with E-state index in [1.165, 1.54) is 0 Å². The molecule has 4 aromatic rings. The van der Waals surface area contributed by atoms with Crippen LogP contribution in [0, 0.1) is 14.9 Å². The summed E-state index contributed by atoms with van der Waals surface area (Å²) in [4.78, 5) is 23.9. The minimum absolute atomic E-state index is 0.174. The van der Waals surface area contributed by atoms with Crippen LogP contribution in [0.15, 0.2) is 47.3 Å². The molecule has 0 saturated carbocycles. The molecule has 2 aromatic carbocycles. The van der Waals surface area contributed by atoms with Crippen molar-refractivity contribution in [3.63, 3.8) is 0 Å². The molecule has 0 aliphatic rings. The summed E-state index contributed by atoms with van der Waals surface area (Å²) in [6.45, 7) is 0. The van der Waals surface area contributed by atoms with Crippen LogP contribution in [0.3, 0.4) is 0 Å². The molecular weight excluding hydrogens is 503 g/mol. The number of aromatic amines is 1. The Morgan fingerprint density at radius 3 is 2.76 bits per heavy atom. The van der Waals surface area contributed by atoms with Crippen LogP contribution in [0.5, 0.6) is 5.75 Å². The number of pyridine rings is 1. The molecule has 2 aromatic heterocycles. The summed E-state index contributed by atoms with van der Waals surface area (Å²) in [7, 11) is 1.59. The average molecular weight is 515 g/mol. The first-order valence-electron chi connectivity index (χ1n) is 8.44. The maximum Gasteiger partial charge on any atom is 0.259 e. The number of fused-ring (bicyclic) bond motifs is 2. The third-order valence-corrected chi connectivity index (χ3v) is 5.32. The first-order chi connectivity index (χ1) is 14.0. The number of benzene rings is 2. The van der Waals surface area contributed by atoms with E-state index >= 15 is 0 Å². The van der Waals surface area contributed by atoms with Crippen molar-refractivity contribution >= 4 is 67.6 Å². The number of methoxy groups -OCH3 is 1. The second-order valence-electron chi connectivity index (χ2n) is 6.17. The second-order valence-corrected chi connectivity index (χ2v) is 7.78. The molecule has 0 fully saturated rings. The Balaban J connectivity index is 1.87. The molecule has 6 nitrogen and oxygen atoms in total. The molecule has 1 N–H and O–H groups in total. The molecule has 0 aliphatic carbocycles. The van der Waals surface area contributed by atoms with Crippen molar-refractivity contribution in [2.24, 2.45) is 0 Å². The Morgan fingerprint density at radius 2 is 2.00 bits per heavy atom. The van der Waals surface area contributed by atoms with Gasteiger partial charge in [0.1, 0.15) is 17.0 Å². The number of H-pyrrole nitrogens is 1. The summed E-state index contributed by atoms with van der Waals surface area (Å²) >= 11 is 8.45. The lowest BCUT2D eigenvalue weighted by molar-refractivity contribution is 0.415. The van der Waals surface area contributed by atoms with Crippen molar-refractivity contribution in [3.05, 3.63) is 72.9 Å². The summed E-state index contributed by atoms with van der Waals surface area (Å²) in [6, 6.07) is 14.7. The fourth-order valence-electron chi connectivity index (χ4n) is 2.92. The van der Waals surface area contributed by atoms with E-state index in [-0.39, 0.29) is 22.1 Å². The van der Waals surface area contributed by atoms with Gasteiger partial charge in [0.15, 0.2) is 5.82 Å². The molecule has 4 rings (SSSR count). The lowest BCUT2D eigenvalue weighted by atomic mass is 10.1. The van der Waals surface area contributed by atoms with Gasteiger partial charge in [-0.05, 0) is 71.1 Å². The Labute approximate surface area is 184 Å². The highest BCUT2D eigenvalue weighted by molar-refractivity contribution is 14.1. The van der Waals surface area contributed by atoms with E-state index in [4.69, 9.17) is 16.3 Å². The first-order valence-corrected chi connectivity index (χ1v) is 9.90. The van der Waals surface area contributed by atoms with Crippen LogP contribution in [0.4, 0.5) is 0 Å². The number of hydrogen-bond acceptors (Lipinski definition) is 5. The molecule has 142 valence electrons. The fraction of sp³-hybridized carbons (Fsp3) is 0.0476. The topological polar surface area (TPSA) is 91.7 Å². The summed E-state index contributed by atoms with van der Waals surface area (Å²) in [5, 5.41) is 11.2. The zero-order valence-corrected chi connectivity index (χ0v) is 17.9. The molecule has 0 saturated heterocycles. The van der Waals surface area contributed by atoms with Crippen molar-refractivity contribution in [2.75, 3.05) is 7.11 Å². The van der Waals surface area contributed by atoms with Gasteiger partial charge in [-0.2, -0.15) is 5.26 Å². The Bertz CT molecular complexity index is 1410. The third-order valence-electron chi connectivity index (χ3n) is 4.35. The quantitative estimate of drug-likeness (QED) is 0.241. The van der Waals surface area contributed by atoms with Gasteiger partial charge in [-0.3, -0.25) is 4.79 Å². The van der Waals surface area contributed by atoms with E-state index in [1.807, 2.05) is 24.3 Å². The standard InChI is InChI=1S/C21H12ClIN4O2/c1-29-15-3-5-17-11(8-15)6-12(19(22)25-17)7-13(10-24)20-26-18-4-2-14(23)9-16(18)21(28)27-20/h2-9H,1H3,(H,26,27,28)/b13-7+. The van der Waals surface area contributed by atoms with Gasteiger partial charge in [0.05, 0.1) is 29.1 Å². The SMILES string of the molecule is COc1ccc2nc(Cl)c(/C=C(\C#N)c3nc4ccc(I)cc4c(=O)[nH]3)cc2c1. The van der Waals surface area contributed by atoms with Crippen molar-refractivity contribution in [1.82, 2.24) is 15.0 Å². The molecular formula is C21H12ClIN4O2. The zero-order valence-electron chi connectivity index (χ0n) is 15.0. The van der Waals surface area contributed by atoms with E-state index in [0.29, 0.717) is 27.7 Å². The largest absolute Gasteiger partial charge is 0.497 e. The van der Waals surface area contributed by atoms with Crippen LogP contribution in [0.2, 0.25) is 5.15 Å². The maximum absolute atomic E-state index is 12.4. The number of rotatable bonds is 3. The minimum Gasteiger partial charge on any atom is -0.497 e. The summed E-state index contributed by atoms with van der Waals surface area (Å²) in [6.07, 6.45) is 1.56. The van der Waals surface area contributed by atoms with Gasteiger partial charge >= 0.3 is 0 Å². The predicted octanol–water partition coefficient (Wildman–Crippen LogP) is 4.80. The van der Waals surface area contributed by atoms with Gasteiger partial charge in [-0.15, -0.1) is 0 Å². The molecule has 2 heterocycles. The van der Waals surface area contributed by atoms with Crippen molar-refractivity contribution in [3.8, 4) is 11.8 Å². The van der Waals surface area contributed by atoms with Gasteiger partial charge in [0.2, 0.25) is 0 Å². The summed E-state index contributed by atoms with van der Waals surface area (Å²) in [5.74, 6) is 0.861. The lowest BCUT2D eigenvalue weighted by Crippen LogP contribution is -2.11. The van der Waals surface area contributed by atoms with E-state index < -0.39 is 0 Å². The van der Waals surface area contributed by atoms with Crippen LogP contribution in [0.25, 0.3) is 33.5 Å². The Morgan fingerprint density at radius 1 is 1.21 bits per heavy atom. The van der Waals surface area contributed by atoms with Crippen molar-refractivity contribution in [2.45, 2.75) is 0 Å². The van der Waals surface area contributed by atoms with Crippen LogP contribution in [-0.4, -0.2) is 22.1 Å². The number of hydrogen-bond donors (Lipinski definition) is 1. The van der Waals surface area contributed by atoms with Crippen LogP contribution < -0.4 is 10.3 Å². The Hall–Kier alpha value is -2.96. The Kier molecular flexibility index (Phi) is 5.22. The zero-order chi connectivity index (χ0) is 20.5. The molecule has 0 amide bonds. The number of aromatic nitrogens is 3. The van der Waals surface area contributed by atoms with Gasteiger partial charge < -0.3 is 9.72 Å². The smallest absolute Gasteiger partial charge is 0.259 e. The molecule has 29 heavy (non-hydrogen) atoms. The number of nitriles is 1. The molecule has 0 radical (unpaired) electrons. The highest BCUT2D eigenvalue weighted by Crippen LogP contribution is 2.27. The highest BCUT2D eigenvalue weighted by atomic mass is 127. The number of ether oxygens (including phenoxy) is 1. The molecule has 0 atom stereocenters. The lowest BCUT2D eigenvalue weighted by Gasteiger charge is -2.06. The van der Waals surface area contributed by atoms with E-state index in [1.54, 1.807) is 31.4 Å². The van der Waals surface area contributed by atoms with Crippen molar-refractivity contribution in [1.29, 1.82) is 5.26 Å². The minimum atomic E-state index is -0.308. The number of allylic oxidation sites excluding steroid dienone is 1. The maximum atomic E-state index is 12.4. The highest BCUT2D eigenvalue weighted by Gasteiger charge is 2.11. The van der Waals surface area contributed by atoms with Crippen LogP contribution in [-0.2, 0) is 0 Å². The molecule has 0 unspecified atom stereocenters. The molecule has 0 bridgehead atoms. The van der Waals surface area contributed by atoms with E-state index in [2.05, 4.69) is 43.6 Å². The molecule has 8 heteroatoms. The summed E-state index contributed by atoms with van der Waals surface area (Å²) < 4.78 is 6.17. The normalized spacial score (nSPS) is 11.6. The van der Waals surface area contributed by atoms with Gasteiger partial charge in [-0.1, -0.05) is 11.6 Å². The van der Waals surface area contributed by atoms with E-state index in [9.17, 15) is 10.1 Å². The second kappa shape index (κ2) is 7.81.